The molecule has 0 aliphatic carbocycles. The van der Waals surface area contributed by atoms with Crippen molar-refractivity contribution in [2.75, 3.05) is 37.4 Å². The van der Waals surface area contributed by atoms with Gasteiger partial charge in [0.05, 0.1) is 12.1 Å². The number of rotatable bonds is 5. The van der Waals surface area contributed by atoms with Crippen LogP contribution in [-0.4, -0.2) is 49.1 Å². The quantitative estimate of drug-likeness (QED) is 0.603. The molecule has 0 atom stereocenters. The lowest BCUT2D eigenvalue weighted by molar-refractivity contribution is 0.521. The molecular formula is C8H15N5O3S. The third-order valence-electron chi connectivity index (χ3n) is 2.10. The van der Waals surface area contributed by atoms with Crippen LogP contribution in [-0.2, 0) is 10.0 Å². The van der Waals surface area contributed by atoms with Crippen molar-refractivity contribution >= 4 is 21.5 Å². The predicted molar refractivity (Wildman–Crippen MR) is 65.2 cm³/mol. The van der Waals surface area contributed by atoms with Gasteiger partial charge in [0.25, 0.3) is 5.56 Å². The number of H-pyrrole nitrogens is 1. The van der Waals surface area contributed by atoms with Gasteiger partial charge in [-0.1, -0.05) is 0 Å². The summed E-state index contributed by atoms with van der Waals surface area (Å²) >= 11 is 0. The molecule has 0 saturated carbocycles. The number of aromatic amines is 1. The van der Waals surface area contributed by atoms with Crippen molar-refractivity contribution in [3.8, 4) is 0 Å². The first kappa shape index (κ1) is 13.5. The maximum atomic E-state index is 11.4. The van der Waals surface area contributed by atoms with Gasteiger partial charge in [-0.15, -0.1) is 0 Å². The molecule has 0 aliphatic rings. The maximum Gasteiger partial charge on any atom is 0.276 e. The summed E-state index contributed by atoms with van der Waals surface area (Å²) in [5.41, 5.74) is 4.94. The minimum absolute atomic E-state index is 0.0604. The highest BCUT2D eigenvalue weighted by atomic mass is 32.2. The largest absolute Gasteiger partial charge is 0.391 e. The fourth-order valence-corrected chi connectivity index (χ4v) is 1.76. The first-order valence-electron chi connectivity index (χ1n) is 4.82. The van der Waals surface area contributed by atoms with Gasteiger partial charge in [0.15, 0.2) is 5.82 Å². The molecule has 9 heteroatoms. The van der Waals surface area contributed by atoms with Crippen LogP contribution in [0.5, 0.6) is 0 Å². The fourth-order valence-electron chi connectivity index (χ4n) is 1.03. The summed E-state index contributed by atoms with van der Waals surface area (Å²) in [7, 11) is -0.368. The minimum Gasteiger partial charge on any atom is -0.391 e. The Hall–Kier alpha value is -1.61. The monoisotopic (exact) mass is 261 g/mol. The first-order valence-corrected chi connectivity index (χ1v) is 6.43. The van der Waals surface area contributed by atoms with Crippen LogP contribution in [0.4, 0.5) is 11.5 Å². The molecule has 0 bridgehead atoms. The summed E-state index contributed by atoms with van der Waals surface area (Å²) in [6, 6.07) is 0. The number of aromatic nitrogens is 2. The lowest BCUT2D eigenvalue weighted by atomic mass is 10.5. The number of hydrogen-bond donors (Lipinski definition) is 3. The molecule has 1 heterocycles. The normalized spacial score (nSPS) is 11.7. The highest BCUT2D eigenvalue weighted by Gasteiger charge is 2.13. The van der Waals surface area contributed by atoms with E-state index in [-0.39, 0.29) is 23.8 Å². The second kappa shape index (κ2) is 5.15. The molecular weight excluding hydrogens is 246 g/mol. The summed E-state index contributed by atoms with van der Waals surface area (Å²) < 4.78 is 24.0. The molecule has 0 fully saturated rings. The molecule has 96 valence electrons. The maximum absolute atomic E-state index is 11.4. The number of nitrogens with two attached hydrogens (primary N) is 1. The van der Waals surface area contributed by atoms with Crippen molar-refractivity contribution < 1.29 is 8.42 Å². The second-order valence-corrected chi connectivity index (χ2v) is 5.82. The molecule has 1 rings (SSSR count). The van der Waals surface area contributed by atoms with Crippen LogP contribution in [0.25, 0.3) is 0 Å². The van der Waals surface area contributed by atoms with E-state index in [1.54, 1.807) is 0 Å². The Bertz CT molecular complexity index is 536. The van der Waals surface area contributed by atoms with E-state index in [2.05, 4.69) is 15.3 Å². The van der Waals surface area contributed by atoms with E-state index in [1.165, 1.54) is 20.4 Å². The zero-order valence-corrected chi connectivity index (χ0v) is 10.4. The zero-order valence-electron chi connectivity index (χ0n) is 9.60. The number of nitrogen functional groups attached to an aromatic ring is 1. The van der Waals surface area contributed by atoms with Crippen LogP contribution in [0.3, 0.4) is 0 Å². The molecule has 1 aromatic heterocycles. The number of anilines is 2. The molecule has 0 unspecified atom stereocenters. The second-order valence-electron chi connectivity index (χ2n) is 3.52. The number of sulfonamides is 1. The molecule has 0 amide bonds. The van der Waals surface area contributed by atoms with Crippen molar-refractivity contribution in [3.05, 3.63) is 16.7 Å². The summed E-state index contributed by atoms with van der Waals surface area (Å²) in [6.07, 6.45) is 1.20. The standard InChI is InChI=1S/C8H15N5O3S/c1-13(2)17(15,16)4-3-10-7-6(9)8(14)12-5-11-7/h5H,3-4,9H2,1-2H3,(H2,10,11,12,14). The molecule has 17 heavy (non-hydrogen) atoms. The Kier molecular flexibility index (Phi) is 4.07. The van der Waals surface area contributed by atoms with E-state index in [0.717, 1.165) is 4.31 Å². The highest BCUT2D eigenvalue weighted by molar-refractivity contribution is 7.89. The van der Waals surface area contributed by atoms with Gasteiger partial charge in [-0.2, -0.15) is 0 Å². The molecule has 1 aromatic rings. The van der Waals surface area contributed by atoms with E-state index >= 15 is 0 Å². The summed E-state index contributed by atoms with van der Waals surface area (Å²) in [5.74, 6) is 0.0798. The Balaban J connectivity index is 2.64. The van der Waals surface area contributed by atoms with E-state index in [9.17, 15) is 13.2 Å². The van der Waals surface area contributed by atoms with Gasteiger partial charge >= 0.3 is 0 Å². The van der Waals surface area contributed by atoms with Crippen molar-refractivity contribution in [1.82, 2.24) is 14.3 Å². The summed E-state index contributed by atoms with van der Waals surface area (Å²) in [5, 5.41) is 2.70. The smallest absolute Gasteiger partial charge is 0.276 e. The number of hydrogen-bond acceptors (Lipinski definition) is 6. The van der Waals surface area contributed by atoms with Gasteiger partial charge in [0.1, 0.15) is 5.69 Å². The van der Waals surface area contributed by atoms with E-state index < -0.39 is 15.6 Å². The third kappa shape index (κ3) is 3.43. The number of nitrogens with one attached hydrogen (secondary N) is 2. The zero-order chi connectivity index (χ0) is 13.1. The van der Waals surface area contributed by atoms with Crippen molar-refractivity contribution in [3.63, 3.8) is 0 Å². The van der Waals surface area contributed by atoms with Gasteiger partial charge < -0.3 is 16.0 Å². The Morgan fingerprint density at radius 1 is 1.53 bits per heavy atom. The molecule has 0 radical (unpaired) electrons. The minimum atomic E-state index is -3.28. The van der Waals surface area contributed by atoms with Gasteiger partial charge in [0, 0.05) is 20.6 Å². The van der Waals surface area contributed by atoms with Gasteiger partial charge in [0.2, 0.25) is 10.0 Å². The molecule has 0 aliphatic heterocycles. The third-order valence-corrected chi connectivity index (χ3v) is 3.93. The Morgan fingerprint density at radius 2 is 2.18 bits per heavy atom. The van der Waals surface area contributed by atoms with Crippen LogP contribution >= 0.6 is 0 Å². The highest BCUT2D eigenvalue weighted by Crippen LogP contribution is 2.06. The SMILES string of the molecule is CN(C)S(=O)(=O)CCNc1nc[nH]c(=O)c1N. The molecule has 8 nitrogen and oxygen atoms in total. The van der Waals surface area contributed by atoms with Crippen molar-refractivity contribution in [2.24, 2.45) is 0 Å². The fraction of sp³-hybridized carbons (Fsp3) is 0.500. The molecule has 4 N–H and O–H groups in total. The van der Waals surface area contributed by atoms with E-state index in [4.69, 9.17) is 5.73 Å². The van der Waals surface area contributed by atoms with Gasteiger partial charge in [-0.05, 0) is 0 Å². The van der Waals surface area contributed by atoms with Crippen LogP contribution < -0.4 is 16.6 Å². The van der Waals surface area contributed by atoms with Crippen LogP contribution in [0.15, 0.2) is 11.1 Å². The van der Waals surface area contributed by atoms with Crippen LogP contribution in [0, 0.1) is 0 Å². The predicted octanol–water partition coefficient (Wildman–Crippen LogP) is -1.34. The summed E-state index contributed by atoms with van der Waals surface area (Å²) in [4.78, 5) is 17.2. The first-order chi connectivity index (χ1) is 7.84. The summed E-state index contributed by atoms with van der Waals surface area (Å²) in [6.45, 7) is 0.126. The van der Waals surface area contributed by atoms with Gasteiger partial charge in [-0.3, -0.25) is 4.79 Å². The average Bonchev–Trinajstić information content (AvgIpc) is 2.24. The van der Waals surface area contributed by atoms with Crippen LogP contribution in [0.1, 0.15) is 0 Å². The molecule has 0 saturated heterocycles. The lowest BCUT2D eigenvalue weighted by Crippen LogP contribution is -2.29. The topological polar surface area (TPSA) is 121 Å². The Labute approximate surface area is 98.9 Å². The van der Waals surface area contributed by atoms with Crippen LogP contribution in [0.2, 0.25) is 0 Å². The molecule has 0 aromatic carbocycles. The van der Waals surface area contributed by atoms with Crippen molar-refractivity contribution in [2.45, 2.75) is 0 Å². The van der Waals surface area contributed by atoms with Gasteiger partial charge in [-0.25, -0.2) is 17.7 Å². The van der Waals surface area contributed by atoms with Crippen molar-refractivity contribution in [1.29, 1.82) is 0 Å². The number of nitrogens with zero attached hydrogens (tertiary/aromatic N) is 2. The van der Waals surface area contributed by atoms with E-state index in [1.807, 2.05) is 0 Å². The Morgan fingerprint density at radius 3 is 2.76 bits per heavy atom. The van der Waals surface area contributed by atoms with E-state index in [0.29, 0.717) is 0 Å². The average molecular weight is 261 g/mol. The lowest BCUT2D eigenvalue weighted by Gasteiger charge is -2.12. The molecule has 0 spiro atoms.